The molecule has 0 unspecified atom stereocenters. The van der Waals surface area contributed by atoms with Gasteiger partial charge in [0.25, 0.3) is 0 Å². The lowest BCUT2D eigenvalue weighted by Gasteiger charge is -1.97. The standard InChI is InChI=1S/C8H13FO2/c1-8(2)5(3-4-9)6(8)7(10)11/h5-6H,3-4H2,1-2H3,(H,10,11)/t5-,6+/m1/s1. The maximum Gasteiger partial charge on any atom is 0.307 e. The lowest BCUT2D eigenvalue weighted by Crippen LogP contribution is -2.03. The number of carbonyl (C=O) groups is 1. The summed E-state index contributed by atoms with van der Waals surface area (Å²) in [5.74, 6) is -1.06. The van der Waals surface area contributed by atoms with E-state index in [2.05, 4.69) is 0 Å². The first-order valence-corrected chi connectivity index (χ1v) is 3.80. The second kappa shape index (κ2) is 2.47. The van der Waals surface area contributed by atoms with Crippen molar-refractivity contribution in [1.29, 1.82) is 0 Å². The van der Waals surface area contributed by atoms with Crippen molar-refractivity contribution in [2.45, 2.75) is 20.3 Å². The Morgan fingerprint density at radius 3 is 2.45 bits per heavy atom. The summed E-state index contributed by atoms with van der Waals surface area (Å²) in [6, 6.07) is 0. The number of hydrogen-bond donors (Lipinski definition) is 1. The first-order chi connectivity index (χ1) is 5.01. The van der Waals surface area contributed by atoms with Gasteiger partial charge < -0.3 is 5.11 Å². The van der Waals surface area contributed by atoms with Crippen LogP contribution in [-0.2, 0) is 4.79 Å². The van der Waals surface area contributed by atoms with Gasteiger partial charge in [0.1, 0.15) is 0 Å². The van der Waals surface area contributed by atoms with E-state index in [1.165, 1.54) is 0 Å². The Balaban J connectivity index is 2.53. The summed E-state index contributed by atoms with van der Waals surface area (Å²) in [6.07, 6.45) is 0.393. The molecule has 64 valence electrons. The summed E-state index contributed by atoms with van der Waals surface area (Å²) in [6.45, 7) is 3.36. The van der Waals surface area contributed by atoms with Crippen LogP contribution in [0.15, 0.2) is 0 Å². The van der Waals surface area contributed by atoms with Gasteiger partial charge in [-0.05, 0) is 17.8 Å². The molecule has 0 aromatic heterocycles. The van der Waals surface area contributed by atoms with Crippen molar-refractivity contribution in [3.05, 3.63) is 0 Å². The Kier molecular flexibility index (Phi) is 1.90. The van der Waals surface area contributed by atoms with Gasteiger partial charge in [-0.2, -0.15) is 0 Å². The van der Waals surface area contributed by atoms with E-state index >= 15 is 0 Å². The highest BCUT2D eigenvalue weighted by atomic mass is 19.1. The van der Waals surface area contributed by atoms with Crippen LogP contribution in [0.3, 0.4) is 0 Å². The van der Waals surface area contributed by atoms with Gasteiger partial charge in [0.2, 0.25) is 0 Å². The largest absolute Gasteiger partial charge is 0.481 e. The van der Waals surface area contributed by atoms with Crippen LogP contribution in [0.2, 0.25) is 0 Å². The number of hydrogen-bond acceptors (Lipinski definition) is 1. The molecule has 2 nitrogen and oxygen atoms in total. The maximum atomic E-state index is 11.9. The molecule has 3 heteroatoms. The fourth-order valence-corrected chi connectivity index (χ4v) is 1.89. The van der Waals surface area contributed by atoms with Crippen LogP contribution < -0.4 is 0 Å². The number of carboxylic acids is 1. The van der Waals surface area contributed by atoms with Crippen LogP contribution >= 0.6 is 0 Å². The van der Waals surface area contributed by atoms with Crippen molar-refractivity contribution in [2.75, 3.05) is 6.67 Å². The van der Waals surface area contributed by atoms with Gasteiger partial charge >= 0.3 is 5.97 Å². The highest BCUT2D eigenvalue weighted by molar-refractivity contribution is 5.75. The highest BCUT2D eigenvalue weighted by Crippen LogP contribution is 2.59. The summed E-state index contributed by atoms with van der Waals surface area (Å²) < 4.78 is 11.9. The molecule has 1 aliphatic carbocycles. The fraction of sp³-hybridized carbons (Fsp3) is 0.875. The molecule has 1 rings (SSSR count). The zero-order valence-electron chi connectivity index (χ0n) is 6.80. The number of aliphatic carboxylic acids is 1. The predicted octanol–water partition coefficient (Wildman–Crippen LogP) is 1.70. The van der Waals surface area contributed by atoms with Crippen LogP contribution in [0.1, 0.15) is 20.3 Å². The van der Waals surface area contributed by atoms with Gasteiger partial charge in [-0.1, -0.05) is 13.8 Å². The van der Waals surface area contributed by atoms with E-state index < -0.39 is 12.6 Å². The van der Waals surface area contributed by atoms with Crippen molar-refractivity contribution < 1.29 is 14.3 Å². The molecular weight excluding hydrogens is 147 g/mol. The van der Waals surface area contributed by atoms with Gasteiger partial charge in [-0.15, -0.1) is 0 Å². The molecule has 0 aliphatic heterocycles. The molecular formula is C8H13FO2. The number of carboxylic acid groups (broad SMARTS) is 1. The van der Waals surface area contributed by atoms with E-state index in [-0.39, 0.29) is 17.3 Å². The third-order valence-electron chi connectivity index (χ3n) is 2.74. The van der Waals surface area contributed by atoms with Crippen LogP contribution in [-0.4, -0.2) is 17.8 Å². The fourth-order valence-electron chi connectivity index (χ4n) is 1.89. The van der Waals surface area contributed by atoms with Gasteiger partial charge in [-0.25, -0.2) is 0 Å². The molecule has 0 bridgehead atoms. The van der Waals surface area contributed by atoms with E-state index in [4.69, 9.17) is 5.11 Å². The molecule has 1 N–H and O–H groups in total. The number of alkyl halides is 1. The Hall–Kier alpha value is -0.600. The topological polar surface area (TPSA) is 37.3 Å². The molecule has 1 fully saturated rings. The summed E-state index contributed by atoms with van der Waals surface area (Å²) in [5, 5.41) is 8.66. The first kappa shape index (κ1) is 8.50. The van der Waals surface area contributed by atoms with Crippen LogP contribution in [0, 0.1) is 17.3 Å². The molecule has 0 amide bonds. The second-order valence-corrected chi connectivity index (χ2v) is 3.72. The normalized spacial score (nSPS) is 33.4. The van der Waals surface area contributed by atoms with Gasteiger partial charge in [0.15, 0.2) is 0 Å². The highest BCUT2D eigenvalue weighted by Gasteiger charge is 2.61. The molecule has 11 heavy (non-hydrogen) atoms. The average Bonchev–Trinajstić information content (AvgIpc) is 2.35. The molecule has 0 spiro atoms. The minimum Gasteiger partial charge on any atom is -0.481 e. The van der Waals surface area contributed by atoms with Crippen LogP contribution in [0.25, 0.3) is 0 Å². The number of halogens is 1. The molecule has 0 aromatic rings. The van der Waals surface area contributed by atoms with Crippen molar-refractivity contribution in [2.24, 2.45) is 17.3 Å². The first-order valence-electron chi connectivity index (χ1n) is 3.80. The third kappa shape index (κ3) is 1.24. The Labute approximate surface area is 65.4 Å². The van der Waals surface area contributed by atoms with Crippen molar-refractivity contribution >= 4 is 5.97 Å². The lowest BCUT2D eigenvalue weighted by molar-refractivity contribution is -0.139. The minimum atomic E-state index is -0.784. The quantitative estimate of drug-likeness (QED) is 0.682. The van der Waals surface area contributed by atoms with Crippen molar-refractivity contribution in [3.8, 4) is 0 Å². The summed E-state index contributed by atoms with van der Waals surface area (Å²) in [4.78, 5) is 10.5. The molecule has 0 saturated heterocycles. The maximum absolute atomic E-state index is 11.9. The van der Waals surface area contributed by atoms with Crippen LogP contribution in [0.4, 0.5) is 4.39 Å². The summed E-state index contributed by atoms with van der Waals surface area (Å²) in [7, 11) is 0. The zero-order chi connectivity index (χ0) is 8.65. The van der Waals surface area contributed by atoms with Gasteiger partial charge in [-0.3, -0.25) is 9.18 Å². The van der Waals surface area contributed by atoms with E-state index in [0.717, 1.165) is 0 Å². The summed E-state index contributed by atoms with van der Waals surface area (Å²) in [5.41, 5.74) is -0.183. The molecule has 2 atom stereocenters. The van der Waals surface area contributed by atoms with Crippen molar-refractivity contribution in [1.82, 2.24) is 0 Å². The van der Waals surface area contributed by atoms with Crippen molar-refractivity contribution in [3.63, 3.8) is 0 Å². The molecule has 0 radical (unpaired) electrons. The second-order valence-electron chi connectivity index (χ2n) is 3.72. The Morgan fingerprint density at radius 2 is 2.18 bits per heavy atom. The predicted molar refractivity (Wildman–Crippen MR) is 39.0 cm³/mol. The van der Waals surface area contributed by atoms with E-state index in [1.807, 2.05) is 13.8 Å². The van der Waals surface area contributed by atoms with E-state index in [0.29, 0.717) is 6.42 Å². The molecule has 0 heterocycles. The lowest BCUT2D eigenvalue weighted by atomic mass is 10.1. The molecule has 0 aromatic carbocycles. The third-order valence-corrected chi connectivity index (χ3v) is 2.74. The SMILES string of the molecule is CC1(C)[C@H](CCF)[C@H]1C(=O)O. The Morgan fingerprint density at radius 1 is 1.64 bits per heavy atom. The monoisotopic (exact) mass is 160 g/mol. The minimum absolute atomic E-state index is 0.0463. The average molecular weight is 160 g/mol. The molecule has 1 saturated carbocycles. The van der Waals surface area contributed by atoms with E-state index in [9.17, 15) is 9.18 Å². The smallest absolute Gasteiger partial charge is 0.307 e. The molecule has 1 aliphatic rings. The van der Waals surface area contributed by atoms with E-state index in [1.54, 1.807) is 0 Å². The number of rotatable bonds is 3. The Bertz CT molecular complexity index is 177. The zero-order valence-corrected chi connectivity index (χ0v) is 6.80. The van der Waals surface area contributed by atoms with Gasteiger partial charge in [0, 0.05) is 0 Å². The van der Waals surface area contributed by atoms with Gasteiger partial charge in [0.05, 0.1) is 12.6 Å². The van der Waals surface area contributed by atoms with Crippen LogP contribution in [0.5, 0.6) is 0 Å². The summed E-state index contributed by atoms with van der Waals surface area (Å²) >= 11 is 0.